The molecule has 0 spiro atoms. The number of carbonyl (C=O) groups excluding carboxylic acids is 1. The zero-order valence-electron chi connectivity index (χ0n) is 12.3. The van der Waals surface area contributed by atoms with Crippen LogP contribution in [0, 0.1) is 6.92 Å². The van der Waals surface area contributed by atoms with Crippen molar-refractivity contribution in [3.63, 3.8) is 0 Å². The van der Waals surface area contributed by atoms with Gasteiger partial charge in [0.1, 0.15) is 5.69 Å². The van der Waals surface area contributed by atoms with E-state index in [0.29, 0.717) is 28.0 Å². The first kappa shape index (κ1) is 14.0. The van der Waals surface area contributed by atoms with Gasteiger partial charge in [0.2, 0.25) is 5.91 Å². The average Bonchev–Trinajstić information content (AvgIpc) is 2.48. The second-order valence-electron chi connectivity index (χ2n) is 5.16. The molecule has 3 rings (SSSR count). The van der Waals surface area contributed by atoms with Crippen molar-refractivity contribution in [3.8, 4) is 11.3 Å². The molecule has 1 aromatic heterocycles. The summed E-state index contributed by atoms with van der Waals surface area (Å²) >= 11 is 0. The van der Waals surface area contributed by atoms with Gasteiger partial charge in [-0.1, -0.05) is 23.8 Å². The van der Waals surface area contributed by atoms with Gasteiger partial charge < -0.3 is 10.3 Å². The number of anilines is 1. The summed E-state index contributed by atoms with van der Waals surface area (Å²) in [4.78, 5) is 31.0. The van der Waals surface area contributed by atoms with Crippen molar-refractivity contribution in [1.29, 1.82) is 0 Å². The largest absolute Gasteiger partial charge is 0.326 e. The average molecular weight is 293 g/mol. The van der Waals surface area contributed by atoms with E-state index in [1.54, 1.807) is 12.1 Å². The normalized spacial score (nSPS) is 10.6. The predicted octanol–water partition coefficient (Wildman–Crippen LogP) is 2.86. The van der Waals surface area contributed by atoms with E-state index in [2.05, 4.69) is 15.3 Å². The molecule has 2 N–H and O–H groups in total. The lowest BCUT2D eigenvalue weighted by Crippen LogP contribution is -2.14. The number of nitrogens with zero attached hydrogens (tertiary/aromatic N) is 1. The molecule has 0 unspecified atom stereocenters. The molecule has 110 valence electrons. The van der Waals surface area contributed by atoms with E-state index >= 15 is 0 Å². The maximum atomic E-state index is 12.4. The van der Waals surface area contributed by atoms with Crippen LogP contribution in [0.25, 0.3) is 22.3 Å². The molecule has 3 aromatic rings. The Bertz CT molecular complexity index is 929. The predicted molar refractivity (Wildman–Crippen MR) is 86.8 cm³/mol. The number of para-hydroxylation sites is 2. The zero-order valence-corrected chi connectivity index (χ0v) is 12.3. The molecule has 22 heavy (non-hydrogen) atoms. The highest BCUT2D eigenvalue weighted by atomic mass is 16.1. The summed E-state index contributed by atoms with van der Waals surface area (Å²) < 4.78 is 0. The van der Waals surface area contributed by atoms with Gasteiger partial charge in [0.25, 0.3) is 5.56 Å². The number of nitrogens with one attached hydrogen (secondary N) is 2. The summed E-state index contributed by atoms with van der Waals surface area (Å²) in [6, 6.07) is 12.8. The van der Waals surface area contributed by atoms with Crippen LogP contribution in [0.2, 0.25) is 0 Å². The molecule has 0 atom stereocenters. The SMILES string of the molecule is CC(=O)Nc1ccc(C)cc1-c1nc2ccccc2[nH]c1=O. The molecule has 0 saturated carbocycles. The molecule has 0 aliphatic carbocycles. The summed E-state index contributed by atoms with van der Waals surface area (Å²) in [6.07, 6.45) is 0. The topological polar surface area (TPSA) is 74.8 Å². The first-order valence-electron chi connectivity index (χ1n) is 6.92. The maximum absolute atomic E-state index is 12.4. The van der Waals surface area contributed by atoms with E-state index in [4.69, 9.17) is 0 Å². The number of benzene rings is 2. The van der Waals surface area contributed by atoms with Crippen LogP contribution in [0.5, 0.6) is 0 Å². The van der Waals surface area contributed by atoms with Crippen LogP contribution in [0.1, 0.15) is 12.5 Å². The molecule has 0 fully saturated rings. The summed E-state index contributed by atoms with van der Waals surface area (Å²) in [5, 5.41) is 2.74. The van der Waals surface area contributed by atoms with Gasteiger partial charge in [-0.3, -0.25) is 9.59 Å². The maximum Gasteiger partial charge on any atom is 0.275 e. The highest BCUT2D eigenvalue weighted by molar-refractivity contribution is 5.94. The van der Waals surface area contributed by atoms with Crippen molar-refractivity contribution in [2.24, 2.45) is 0 Å². The van der Waals surface area contributed by atoms with Crippen molar-refractivity contribution < 1.29 is 4.79 Å². The van der Waals surface area contributed by atoms with Crippen LogP contribution in [0.3, 0.4) is 0 Å². The minimum atomic E-state index is -0.282. The number of aromatic amines is 1. The Kier molecular flexibility index (Phi) is 3.47. The van der Waals surface area contributed by atoms with Gasteiger partial charge in [-0.15, -0.1) is 0 Å². The number of fused-ring (bicyclic) bond motifs is 1. The Morgan fingerprint density at radius 1 is 1.18 bits per heavy atom. The van der Waals surface area contributed by atoms with Crippen LogP contribution in [-0.2, 0) is 4.79 Å². The molecular formula is C17H15N3O2. The molecule has 2 aromatic carbocycles. The zero-order chi connectivity index (χ0) is 15.7. The van der Waals surface area contributed by atoms with E-state index < -0.39 is 0 Å². The van der Waals surface area contributed by atoms with Crippen LogP contribution in [-0.4, -0.2) is 15.9 Å². The number of rotatable bonds is 2. The third kappa shape index (κ3) is 2.61. The number of H-pyrrole nitrogens is 1. The summed E-state index contributed by atoms with van der Waals surface area (Å²) in [5.74, 6) is -0.192. The number of carbonyl (C=O) groups is 1. The van der Waals surface area contributed by atoms with Crippen molar-refractivity contribution in [2.45, 2.75) is 13.8 Å². The first-order valence-corrected chi connectivity index (χ1v) is 6.92. The third-order valence-corrected chi connectivity index (χ3v) is 3.34. The number of aryl methyl sites for hydroxylation is 1. The molecular weight excluding hydrogens is 278 g/mol. The van der Waals surface area contributed by atoms with Gasteiger partial charge in [-0.05, 0) is 31.2 Å². The molecule has 5 heteroatoms. The quantitative estimate of drug-likeness (QED) is 0.763. The van der Waals surface area contributed by atoms with Crippen LogP contribution in [0.4, 0.5) is 5.69 Å². The second-order valence-corrected chi connectivity index (χ2v) is 5.16. The van der Waals surface area contributed by atoms with E-state index in [1.807, 2.05) is 37.3 Å². The van der Waals surface area contributed by atoms with Gasteiger partial charge >= 0.3 is 0 Å². The standard InChI is InChI=1S/C17H15N3O2/c1-10-7-8-13(18-11(2)21)12(9-10)16-17(22)20-15-6-4-3-5-14(15)19-16/h3-9H,1-2H3,(H,18,21)(H,20,22). The lowest BCUT2D eigenvalue weighted by Gasteiger charge is -2.10. The van der Waals surface area contributed by atoms with Gasteiger partial charge in [-0.25, -0.2) is 4.98 Å². The van der Waals surface area contributed by atoms with Crippen LogP contribution >= 0.6 is 0 Å². The molecule has 1 amide bonds. The number of hydrogen-bond acceptors (Lipinski definition) is 3. The Morgan fingerprint density at radius 3 is 2.73 bits per heavy atom. The number of amides is 1. The van der Waals surface area contributed by atoms with E-state index in [-0.39, 0.29) is 11.5 Å². The smallest absolute Gasteiger partial charge is 0.275 e. The molecule has 0 aliphatic heterocycles. The molecule has 0 radical (unpaired) electrons. The monoisotopic (exact) mass is 293 g/mol. The van der Waals surface area contributed by atoms with Crippen molar-refractivity contribution in [2.75, 3.05) is 5.32 Å². The van der Waals surface area contributed by atoms with E-state index in [1.165, 1.54) is 6.92 Å². The van der Waals surface area contributed by atoms with E-state index in [0.717, 1.165) is 5.56 Å². The Balaban J connectivity index is 2.26. The lowest BCUT2D eigenvalue weighted by molar-refractivity contribution is -0.114. The molecule has 0 saturated heterocycles. The van der Waals surface area contributed by atoms with Gasteiger partial charge in [0, 0.05) is 12.5 Å². The van der Waals surface area contributed by atoms with E-state index in [9.17, 15) is 9.59 Å². The van der Waals surface area contributed by atoms with Gasteiger partial charge in [-0.2, -0.15) is 0 Å². The second kappa shape index (κ2) is 5.44. The minimum absolute atomic E-state index is 0.192. The Hall–Kier alpha value is -2.95. The van der Waals surface area contributed by atoms with Gasteiger partial charge in [0.05, 0.1) is 16.7 Å². The molecule has 0 aliphatic rings. The Morgan fingerprint density at radius 2 is 1.95 bits per heavy atom. The van der Waals surface area contributed by atoms with Crippen LogP contribution in [0.15, 0.2) is 47.3 Å². The van der Waals surface area contributed by atoms with Crippen molar-refractivity contribution >= 4 is 22.6 Å². The van der Waals surface area contributed by atoms with Crippen molar-refractivity contribution in [1.82, 2.24) is 9.97 Å². The fraction of sp³-hybridized carbons (Fsp3) is 0.118. The molecule has 5 nitrogen and oxygen atoms in total. The highest BCUT2D eigenvalue weighted by Gasteiger charge is 2.13. The Labute approximate surface area is 127 Å². The third-order valence-electron chi connectivity index (χ3n) is 3.34. The van der Waals surface area contributed by atoms with Crippen molar-refractivity contribution in [3.05, 3.63) is 58.4 Å². The number of aromatic nitrogens is 2. The fourth-order valence-electron chi connectivity index (χ4n) is 2.36. The van der Waals surface area contributed by atoms with Gasteiger partial charge in [0.15, 0.2) is 0 Å². The summed E-state index contributed by atoms with van der Waals surface area (Å²) in [7, 11) is 0. The molecule has 1 heterocycles. The highest BCUT2D eigenvalue weighted by Crippen LogP contribution is 2.26. The first-order chi connectivity index (χ1) is 10.5. The fourth-order valence-corrected chi connectivity index (χ4v) is 2.36. The summed E-state index contributed by atoms with van der Waals surface area (Å²) in [6.45, 7) is 3.36. The lowest BCUT2D eigenvalue weighted by atomic mass is 10.1. The number of hydrogen-bond donors (Lipinski definition) is 2. The minimum Gasteiger partial charge on any atom is -0.326 e. The van der Waals surface area contributed by atoms with Crippen LogP contribution < -0.4 is 10.9 Å². The molecule has 0 bridgehead atoms. The summed E-state index contributed by atoms with van der Waals surface area (Å²) in [5.41, 5.74) is 3.58.